The topological polar surface area (TPSA) is 97.1 Å². The van der Waals surface area contributed by atoms with Crippen LogP contribution in [0.3, 0.4) is 0 Å². The Kier molecular flexibility index (Phi) is 4.66. The third-order valence-corrected chi connectivity index (χ3v) is 4.77. The molecule has 1 atom stereocenters. The van der Waals surface area contributed by atoms with E-state index in [9.17, 15) is 27.9 Å². The Morgan fingerprint density at radius 2 is 2.00 bits per heavy atom. The molecule has 0 aliphatic heterocycles. The predicted octanol–water partition coefficient (Wildman–Crippen LogP) is 2.36. The molecule has 1 aliphatic rings. The van der Waals surface area contributed by atoms with Crippen molar-refractivity contribution in [3.05, 3.63) is 41.7 Å². The van der Waals surface area contributed by atoms with E-state index in [2.05, 4.69) is 10.3 Å². The van der Waals surface area contributed by atoms with Crippen molar-refractivity contribution in [3.63, 3.8) is 0 Å². The highest BCUT2D eigenvalue weighted by molar-refractivity contribution is 5.95. The van der Waals surface area contributed by atoms with Gasteiger partial charge in [-0.15, -0.1) is 5.10 Å². The van der Waals surface area contributed by atoms with Crippen LogP contribution in [0.15, 0.2) is 30.5 Å². The first-order valence-corrected chi connectivity index (χ1v) is 8.30. The van der Waals surface area contributed by atoms with Crippen LogP contribution >= 0.6 is 0 Å². The zero-order chi connectivity index (χ0) is 19.8. The van der Waals surface area contributed by atoms with Crippen LogP contribution in [-0.4, -0.2) is 44.2 Å². The number of carboxylic acid groups (broad SMARTS) is 1. The minimum absolute atomic E-state index is 0.259. The standard InChI is InChI=1S/C17H17F3N4O3/c1-2-10-5-3-4-6-12(10)24-9-11(22-23-24)14(25)21-13(15(26)27)16(7-8-16)17(18,19)20/h3-6,9,13H,2,7-8H2,1H3,(H,21,25)(H,26,27). The molecule has 1 fully saturated rings. The van der Waals surface area contributed by atoms with E-state index in [-0.39, 0.29) is 18.5 Å². The molecule has 3 rings (SSSR count). The number of aliphatic carboxylic acids is 1. The first-order chi connectivity index (χ1) is 12.7. The maximum Gasteiger partial charge on any atom is 0.397 e. The Labute approximate surface area is 152 Å². The summed E-state index contributed by atoms with van der Waals surface area (Å²) in [5.74, 6) is -2.75. The number of halogens is 3. The Hall–Kier alpha value is -2.91. The molecule has 2 N–H and O–H groups in total. The molecule has 1 aliphatic carbocycles. The van der Waals surface area contributed by atoms with E-state index >= 15 is 0 Å². The second kappa shape index (κ2) is 6.67. The Morgan fingerprint density at radius 3 is 2.56 bits per heavy atom. The predicted molar refractivity (Wildman–Crippen MR) is 87.3 cm³/mol. The lowest BCUT2D eigenvalue weighted by Crippen LogP contribution is -2.52. The number of carbonyl (C=O) groups is 2. The van der Waals surface area contributed by atoms with Crippen molar-refractivity contribution < 1.29 is 27.9 Å². The highest BCUT2D eigenvalue weighted by Gasteiger charge is 2.69. The van der Waals surface area contributed by atoms with Gasteiger partial charge < -0.3 is 10.4 Å². The summed E-state index contributed by atoms with van der Waals surface area (Å²) in [6.07, 6.45) is -3.45. The molecule has 1 aromatic heterocycles. The number of hydrogen-bond acceptors (Lipinski definition) is 4. The molecule has 0 spiro atoms. The van der Waals surface area contributed by atoms with Gasteiger partial charge >= 0.3 is 12.1 Å². The molecular formula is C17H17F3N4O3. The van der Waals surface area contributed by atoms with E-state index in [0.29, 0.717) is 12.1 Å². The van der Waals surface area contributed by atoms with E-state index in [1.54, 1.807) is 12.1 Å². The second-order valence-corrected chi connectivity index (χ2v) is 6.43. The smallest absolute Gasteiger partial charge is 0.397 e. The number of amides is 1. The van der Waals surface area contributed by atoms with Crippen LogP contribution in [-0.2, 0) is 11.2 Å². The maximum atomic E-state index is 13.2. The van der Waals surface area contributed by atoms with Crippen LogP contribution in [0.2, 0.25) is 0 Å². The fourth-order valence-electron chi connectivity index (χ4n) is 3.03. The van der Waals surface area contributed by atoms with E-state index in [1.165, 1.54) is 10.9 Å². The molecule has 1 aromatic carbocycles. The van der Waals surface area contributed by atoms with Gasteiger partial charge in [-0.05, 0) is 30.9 Å². The number of aryl methyl sites for hydroxylation is 1. The molecule has 1 amide bonds. The Morgan fingerprint density at radius 1 is 1.33 bits per heavy atom. The number of carboxylic acids is 1. The molecule has 144 valence electrons. The van der Waals surface area contributed by atoms with Gasteiger partial charge in [0.1, 0.15) is 6.04 Å². The van der Waals surface area contributed by atoms with Gasteiger partial charge in [0.05, 0.1) is 17.3 Å². The highest BCUT2D eigenvalue weighted by atomic mass is 19.4. The van der Waals surface area contributed by atoms with Crippen molar-refractivity contribution in [2.24, 2.45) is 5.41 Å². The first kappa shape index (κ1) is 18.9. The van der Waals surface area contributed by atoms with Gasteiger partial charge in [0, 0.05) is 0 Å². The summed E-state index contributed by atoms with van der Waals surface area (Å²) in [5, 5.41) is 18.7. The molecule has 1 unspecified atom stereocenters. The minimum Gasteiger partial charge on any atom is -0.480 e. The average molecular weight is 382 g/mol. The van der Waals surface area contributed by atoms with Crippen LogP contribution in [0.25, 0.3) is 5.69 Å². The van der Waals surface area contributed by atoms with Crippen molar-refractivity contribution in [2.75, 3.05) is 0 Å². The molecular weight excluding hydrogens is 365 g/mol. The number of nitrogens with one attached hydrogen (secondary N) is 1. The average Bonchev–Trinajstić information content (AvgIpc) is 3.29. The second-order valence-electron chi connectivity index (χ2n) is 6.43. The lowest BCUT2D eigenvalue weighted by Gasteiger charge is -2.26. The number of alkyl halides is 3. The van der Waals surface area contributed by atoms with E-state index in [4.69, 9.17) is 0 Å². The third kappa shape index (κ3) is 3.38. The molecule has 2 aromatic rings. The SMILES string of the molecule is CCc1ccccc1-n1cc(C(=O)NC(C(=O)O)C2(C(F)(F)F)CC2)nn1. The summed E-state index contributed by atoms with van der Waals surface area (Å²) in [6.45, 7) is 1.94. The summed E-state index contributed by atoms with van der Waals surface area (Å²) in [4.78, 5) is 23.7. The van der Waals surface area contributed by atoms with Gasteiger partial charge in [0.2, 0.25) is 0 Å². The van der Waals surface area contributed by atoms with Crippen molar-refractivity contribution in [3.8, 4) is 5.69 Å². The summed E-state index contributed by atoms with van der Waals surface area (Å²) >= 11 is 0. The molecule has 10 heteroatoms. The van der Waals surface area contributed by atoms with Crippen LogP contribution in [0.4, 0.5) is 13.2 Å². The maximum absolute atomic E-state index is 13.2. The number of benzene rings is 1. The number of nitrogens with zero attached hydrogens (tertiary/aromatic N) is 3. The van der Waals surface area contributed by atoms with Crippen molar-refractivity contribution in [2.45, 2.75) is 38.4 Å². The van der Waals surface area contributed by atoms with Gasteiger partial charge in [-0.25, -0.2) is 9.48 Å². The molecule has 0 saturated heterocycles. The lowest BCUT2D eigenvalue weighted by atomic mass is 9.95. The van der Waals surface area contributed by atoms with Gasteiger partial charge in [-0.3, -0.25) is 4.79 Å². The number of rotatable bonds is 6. The fraction of sp³-hybridized carbons (Fsp3) is 0.412. The number of aromatic nitrogens is 3. The Bertz CT molecular complexity index is 874. The van der Waals surface area contributed by atoms with Gasteiger partial charge in [-0.1, -0.05) is 30.3 Å². The zero-order valence-corrected chi connectivity index (χ0v) is 14.3. The Balaban J connectivity index is 1.83. The number of para-hydroxylation sites is 1. The first-order valence-electron chi connectivity index (χ1n) is 8.30. The fourth-order valence-corrected chi connectivity index (χ4v) is 3.03. The summed E-state index contributed by atoms with van der Waals surface area (Å²) < 4.78 is 41.0. The zero-order valence-electron chi connectivity index (χ0n) is 14.3. The number of carbonyl (C=O) groups excluding carboxylic acids is 1. The molecule has 0 radical (unpaired) electrons. The van der Waals surface area contributed by atoms with Gasteiger partial charge in [0.25, 0.3) is 5.91 Å². The largest absolute Gasteiger partial charge is 0.480 e. The van der Waals surface area contributed by atoms with Crippen LogP contribution in [0, 0.1) is 5.41 Å². The van der Waals surface area contributed by atoms with Crippen LogP contribution in [0.5, 0.6) is 0 Å². The summed E-state index contributed by atoms with van der Waals surface area (Å²) in [6, 6.07) is 5.18. The normalized spacial score (nSPS) is 16.6. The van der Waals surface area contributed by atoms with Crippen molar-refractivity contribution in [1.29, 1.82) is 0 Å². The minimum atomic E-state index is -4.72. The van der Waals surface area contributed by atoms with E-state index in [1.807, 2.05) is 24.4 Å². The molecule has 1 saturated carbocycles. The van der Waals surface area contributed by atoms with Crippen molar-refractivity contribution in [1.82, 2.24) is 20.3 Å². The van der Waals surface area contributed by atoms with Gasteiger partial charge in [-0.2, -0.15) is 13.2 Å². The number of hydrogen-bond donors (Lipinski definition) is 2. The molecule has 1 heterocycles. The summed E-state index contributed by atoms with van der Waals surface area (Å²) in [7, 11) is 0. The molecule has 0 bridgehead atoms. The van der Waals surface area contributed by atoms with Gasteiger partial charge in [0.15, 0.2) is 5.69 Å². The van der Waals surface area contributed by atoms with Crippen LogP contribution in [0.1, 0.15) is 35.8 Å². The lowest BCUT2D eigenvalue weighted by molar-refractivity contribution is -0.200. The molecule has 27 heavy (non-hydrogen) atoms. The molecule has 7 nitrogen and oxygen atoms in total. The third-order valence-electron chi connectivity index (χ3n) is 4.77. The summed E-state index contributed by atoms with van der Waals surface area (Å²) in [5.41, 5.74) is -1.08. The highest BCUT2D eigenvalue weighted by Crippen LogP contribution is 2.59. The van der Waals surface area contributed by atoms with E-state index in [0.717, 1.165) is 5.56 Å². The van der Waals surface area contributed by atoms with Crippen LogP contribution < -0.4 is 5.32 Å². The quantitative estimate of drug-likeness (QED) is 0.799. The van der Waals surface area contributed by atoms with Crippen molar-refractivity contribution >= 4 is 11.9 Å². The monoisotopic (exact) mass is 382 g/mol. The van der Waals surface area contributed by atoms with E-state index < -0.39 is 29.5 Å².